The predicted octanol–water partition coefficient (Wildman–Crippen LogP) is 4.73. The number of hydrogen-bond donors (Lipinski definition) is 2. The molecule has 0 aromatic heterocycles. The second-order valence-corrected chi connectivity index (χ2v) is 12.7. The van der Waals surface area contributed by atoms with Crippen molar-refractivity contribution in [2.75, 3.05) is 13.1 Å². The number of nitrogens with one attached hydrogen (secondary N) is 2. The van der Waals surface area contributed by atoms with Crippen molar-refractivity contribution in [2.45, 2.75) is 89.3 Å². The molecule has 1 fully saturated rings. The summed E-state index contributed by atoms with van der Waals surface area (Å²) < 4.78 is 5.34. The van der Waals surface area contributed by atoms with Gasteiger partial charge in [-0.25, -0.2) is 4.79 Å². The van der Waals surface area contributed by atoms with Crippen molar-refractivity contribution in [1.29, 1.82) is 0 Å². The normalized spacial score (nSPS) is 18.1. The van der Waals surface area contributed by atoms with Gasteiger partial charge < -0.3 is 20.3 Å². The minimum absolute atomic E-state index is 0.165. The number of alkyl carbamates (subject to hydrolysis) is 1. The zero-order valence-electron chi connectivity index (χ0n) is 24.4. The molecule has 40 heavy (non-hydrogen) atoms. The van der Waals surface area contributed by atoms with Crippen LogP contribution < -0.4 is 10.6 Å². The minimum atomic E-state index is -1.32. The third-order valence-corrected chi connectivity index (χ3v) is 8.09. The summed E-state index contributed by atoms with van der Waals surface area (Å²) in [5.74, 6) is -0.814. The van der Waals surface area contributed by atoms with Crippen LogP contribution in [-0.2, 0) is 19.7 Å². The maximum absolute atomic E-state index is 14.0. The monoisotopic (exact) mass is 547 g/mol. The Labute approximate surface area is 236 Å². The largest absolute Gasteiger partial charge is 0.444 e. The Bertz CT molecular complexity index is 1270. The van der Waals surface area contributed by atoms with Crippen LogP contribution in [0.25, 0.3) is 0 Å². The number of ether oxygens (including phenoxy) is 1. The van der Waals surface area contributed by atoms with E-state index in [-0.39, 0.29) is 23.0 Å². The third-order valence-electron chi connectivity index (χ3n) is 8.09. The molecule has 2 N–H and O–H groups in total. The van der Waals surface area contributed by atoms with E-state index in [0.717, 1.165) is 16.7 Å². The molecule has 1 aliphatic carbocycles. The van der Waals surface area contributed by atoms with Crippen LogP contribution in [0.4, 0.5) is 4.79 Å². The summed E-state index contributed by atoms with van der Waals surface area (Å²) in [5, 5.41) is 5.58. The molecular weight excluding hydrogens is 506 g/mol. The average Bonchev–Trinajstić information content (AvgIpc) is 3.16. The van der Waals surface area contributed by atoms with Gasteiger partial charge in [-0.05, 0) is 58.6 Å². The molecule has 4 rings (SSSR count). The summed E-state index contributed by atoms with van der Waals surface area (Å²) in [7, 11) is 0. The fourth-order valence-electron chi connectivity index (χ4n) is 5.77. The van der Waals surface area contributed by atoms with Crippen LogP contribution in [0.3, 0.4) is 0 Å². The molecule has 1 aliphatic heterocycles. The first kappa shape index (κ1) is 29.3. The van der Waals surface area contributed by atoms with Gasteiger partial charge >= 0.3 is 6.09 Å². The van der Waals surface area contributed by atoms with Crippen molar-refractivity contribution in [1.82, 2.24) is 15.5 Å². The van der Waals surface area contributed by atoms with Crippen molar-refractivity contribution in [3.63, 3.8) is 0 Å². The first-order chi connectivity index (χ1) is 18.7. The molecule has 0 unspecified atom stereocenters. The van der Waals surface area contributed by atoms with E-state index in [9.17, 15) is 19.2 Å². The van der Waals surface area contributed by atoms with Gasteiger partial charge in [0.1, 0.15) is 17.2 Å². The van der Waals surface area contributed by atoms with Gasteiger partial charge in [-0.1, -0.05) is 61.5 Å². The maximum atomic E-state index is 14.0. The molecule has 2 aromatic rings. The highest BCUT2D eigenvalue weighted by Gasteiger charge is 2.46. The first-order valence-electron chi connectivity index (χ1n) is 14.0. The molecule has 8 heteroatoms. The molecule has 2 atom stereocenters. The smallest absolute Gasteiger partial charge is 0.408 e. The first-order valence-corrected chi connectivity index (χ1v) is 14.0. The fraction of sp³-hybridized carbons (Fsp3) is 0.500. The van der Waals surface area contributed by atoms with E-state index in [1.165, 1.54) is 0 Å². The number of Topliss-reactive ketones (excluding diaryl/α,β-unsaturated/α-hetero) is 1. The molecule has 1 spiro atoms. The van der Waals surface area contributed by atoms with Gasteiger partial charge in [0.05, 0.1) is 0 Å². The molecule has 1 saturated heterocycles. The fourth-order valence-corrected chi connectivity index (χ4v) is 5.77. The Morgan fingerprint density at radius 3 is 2.15 bits per heavy atom. The summed E-state index contributed by atoms with van der Waals surface area (Å²) >= 11 is 0. The molecule has 2 aromatic carbocycles. The van der Waals surface area contributed by atoms with Crippen molar-refractivity contribution in [3.05, 3.63) is 71.3 Å². The number of rotatable bonds is 6. The van der Waals surface area contributed by atoms with Gasteiger partial charge in [0.25, 0.3) is 0 Å². The number of nitrogens with zero attached hydrogens (tertiary/aromatic N) is 1. The summed E-state index contributed by atoms with van der Waals surface area (Å²) in [6.45, 7) is 11.3. The number of carbonyl (C=O) groups is 4. The Morgan fingerprint density at radius 1 is 0.925 bits per heavy atom. The maximum Gasteiger partial charge on any atom is 0.408 e. The Kier molecular flexibility index (Phi) is 8.11. The topological polar surface area (TPSA) is 105 Å². The van der Waals surface area contributed by atoms with Crippen LogP contribution in [0.5, 0.6) is 0 Å². The van der Waals surface area contributed by atoms with E-state index in [2.05, 4.69) is 10.6 Å². The second kappa shape index (κ2) is 11.1. The summed E-state index contributed by atoms with van der Waals surface area (Å²) in [4.78, 5) is 54.5. The SMILES string of the molecule is C[C@@H](c1ccccc1)[C@H](NC(=O)C(C)(C)NC(=O)OC(C)(C)C)C(=O)N1CCC2(CC1)CC(=O)c1ccccc12. The van der Waals surface area contributed by atoms with Gasteiger partial charge in [0.2, 0.25) is 11.8 Å². The van der Waals surface area contributed by atoms with E-state index < -0.39 is 29.2 Å². The lowest BCUT2D eigenvalue weighted by molar-refractivity contribution is -0.139. The van der Waals surface area contributed by atoms with Crippen molar-refractivity contribution >= 4 is 23.7 Å². The van der Waals surface area contributed by atoms with Crippen molar-refractivity contribution in [2.24, 2.45) is 0 Å². The lowest BCUT2D eigenvalue weighted by Gasteiger charge is -2.41. The van der Waals surface area contributed by atoms with Gasteiger partial charge in [-0.3, -0.25) is 14.4 Å². The standard InChI is InChI=1S/C32H41N3O5/c1-21(22-12-8-7-9-13-22)26(33-28(38)31(5,6)34-29(39)40-30(2,3)4)27(37)35-18-16-32(17-19-35)20-25(36)23-14-10-11-15-24(23)32/h7-15,21,26H,16-20H2,1-6H3,(H,33,38)(H,34,39)/t21-,26-/m0/s1. The Morgan fingerprint density at radius 2 is 1.52 bits per heavy atom. The van der Waals surface area contributed by atoms with Crippen molar-refractivity contribution in [3.8, 4) is 0 Å². The zero-order valence-corrected chi connectivity index (χ0v) is 24.4. The third kappa shape index (κ3) is 6.21. The van der Waals surface area contributed by atoms with Crippen LogP contribution in [0, 0.1) is 0 Å². The lowest BCUT2D eigenvalue weighted by Crippen LogP contribution is -2.61. The number of hydrogen-bond acceptors (Lipinski definition) is 5. The van der Waals surface area contributed by atoms with Crippen LogP contribution in [0.2, 0.25) is 0 Å². The Hall–Kier alpha value is -3.68. The van der Waals surface area contributed by atoms with E-state index in [0.29, 0.717) is 32.4 Å². The summed E-state index contributed by atoms with van der Waals surface area (Å²) in [6.07, 6.45) is 1.14. The molecule has 214 valence electrons. The van der Waals surface area contributed by atoms with E-state index in [1.807, 2.05) is 61.5 Å². The summed E-state index contributed by atoms with van der Waals surface area (Å²) in [6, 6.07) is 16.5. The molecule has 8 nitrogen and oxygen atoms in total. The summed E-state index contributed by atoms with van der Waals surface area (Å²) in [5.41, 5.74) is 0.523. The number of fused-ring (bicyclic) bond motifs is 2. The molecule has 0 radical (unpaired) electrons. The Balaban J connectivity index is 1.52. The van der Waals surface area contributed by atoms with Crippen molar-refractivity contribution < 1.29 is 23.9 Å². The molecule has 0 bridgehead atoms. The molecule has 1 heterocycles. The highest BCUT2D eigenvalue weighted by molar-refractivity contribution is 6.02. The van der Waals surface area contributed by atoms with Gasteiger partial charge in [0, 0.05) is 36.4 Å². The number of benzene rings is 2. The highest BCUT2D eigenvalue weighted by Crippen LogP contribution is 2.46. The highest BCUT2D eigenvalue weighted by atomic mass is 16.6. The zero-order chi connectivity index (χ0) is 29.3. The molecule has 3 amide bonds. The number of ketones is 1. The van der Waals surface area contributed by atoms with Gasteiger partial charge in [-0.15, -0.1) is 0 Å². The average molecular weight is 548 g/mol. The van der Waals surface area contributed by atoms with E-state index in [4.69, 9.17) is 4.74 Å². The minimum Gasteiger partial charge on any atom is -0.444 e. The number of carbonyl (C=O) groups excluding carboxylic acids is 4. The number of likely N-dealkylation sites (tertiary alicyclic amines) is 1. The van der Waals surface area contributed by atoms with Crippen LogP contribution >= 0.6 is 0 Å². The molecule has 2 aliphatic rings. The van der Waals surface area contributed by atoms with E-state index in [1.54, 1.807) is 39.5 Å². The number of piperidine rings is 1. The van der Waals surface area contributed by atoms with Crippen LogP contribution in [-0.4, -0.2) is 58.9 Å². The van der Waals surface area contributed by atoms with Crippen LogP contribution in [0.1, 0.15) is 88.2 Å². The van der Waals surface area contributed by atoms with Crippen LogP contribution in [0.15, 0.2) is 54.6 Å². The predicted molar refractivity (Wildman–Crippen MR) is 153 cm³/mol. The quantitative estimate of drug-likeness (QED) is 0.544. The number of amides is 3. The van der Waals surface area contributed by atoms with Gasteiger partial charge in [-0.2, -0.15) is 0 Å². The lowest BCUT2D eigenvalue weighted by atomic mass is 9.73. The molecule has 0 saturated carbocycles. The second-order valence-electron chi connectivity index (χ2n) is 12.7. The van der Waals surface area contributed by atoms with Gasteiger partial charge in [0.15, 0.2) is 5.78 Å². The van der Waals surface area contributed by atoms with E-state index >= 15 is 0 Å². The molecular formula is C32H41N3O5.